The molecule has 6 nitrogen and oxygen atoms in total. The van der Waals surface area contributed by atoms with Crippen LogP contribution in [0.5, 0.6) is 0 Å². The van der Waals surface area contributed by atoms with Gasteiger partial charge in [-0.1, -0.05) is 6.92 Å². The van der Waals surface area contributed by atoms with Gasteiger partial charge >= 0.3 is 5.97 Å². The third kappa shape index (κ3) is 3.01. The van der Waals surface area contributed by atoms with Gasteiger partial charge in [0, 0.05) is 32.2 Å². The highest BCUT2D eigenvalue weighted by Gasteiger charge is 2.24. The lowest BCUT2D eigenvalue weighted by Gasteiger charge is -2.38. The predicted octanol–water partition coefficient (Wildman–Crippen LogP) is 1.10. The Kier molecular flexibility index (Phi) is 4.31. The summed E-state index contributed by atoms with van der Waals surface area (Å²) in [6.07, 6.45) is 2.55. The van der Waals surface area contributed by atoms with Crippen molar-refractivity contribution in [3.63, 3.8) is 0 Å². The van der Waals surface area contributed by atoms with Gasteiger partial charge in [0.25, 0.3) is 0 Å². The van der Waals surface area contributed by atoms with Crippen LogP contribution in [0.15, 0.2) is 12.3 Å². The maximum absolute atomic E-state index is 11.2. The van der Waals surface area contributed by atoms with Crippen LogP contribution < -0.4 is 4.90 Å². The van der Waals surface area contributed by atoms with Crippen LogP contribution >= 0.6 is 0 Å². The molecule has 1 aromatic heterocycles. The molecular weight excluding hydrogens is 244 g/mol. The zero-order valence-electron chi connectivity index (χ0n) is 11.4. The number of carboxylic acid groups (broad SMARTS) is 1. The van der Waals surface area contributed by atoms with Crippen LogP contribution in [0.1, 0.15) is 30.6 Å². The molecule has 0 aromatic carbocycles. The molecule has 0 radical (unpaired) electrons. The van der Waals surface area contributed by atoms with E-state index in [0.717, 1.165) is 32.6 Å². The molecule has 1 atom stereocenters. The van der Waals surface area contributed by atoms with Crippen molar-refractivity contribution in [2.24, 2.45) is 0 Å². The van der Waals surface area contributed by atoms with Crippen LogP contribution in [-0.4, -0.2) is 58.4 Å². The van der Waals surface area contributed by atoms with E-state index in [0.29, 0.717) is 11.9 Å². The number of hydrogen-bond acceptors (Lipinski definition) is 5. The summed E-state index contributed by atoms with van der Waals surface area (Å²) in [6.45, 7) is 7.87. The fraction of sp³-hybridized carbons (Fsp3) is 0.615. The molecule has 1 N–H and O–H groups in total. The van der Waals surface area contributed by atoms with Gasteiger partial charge in [0.15, 0.2) is 5.82 Å². The van der Waals surface area contributed by atoms with E-state index < -0.39 is 5.97 Å². The molecule has 2 heterocycles. The maximum atomic E-state index is 11.2. The molecule has 1 aliphatic heterocycles. The van der Waals surface area contributed by atoms with Crippen molar-refractivity contribution in [2.75, 3.05) is 31.1 Å². The highest BCUT2D eigenvalue weighted by atomic mass is 16.4. The molecule has 1 unspecified atom stereocenters. The number of rotatable bonds is 4. The average Bonchev–Trinajstić information content (AvgIpc) is 2.46. The van der Waals surface area contributed by atoms with Crippen molar-refractivity contribution in [2.45, 2.75) is 26.3 Å². The smallest absolute Gasteiger partial charge is 0.339 e. The zero-order chi connectivity index (χ0) is 13.8. The molecule has 0 amide bonds. The van der Waals surface area contributed by atoms with Crippen LogP contribution in [0, 0.1) is 0 Å². The first-order valence-corrected chi connectivity index (χ1v) is 6.67. The number of carbonyl (C=O) groups is 1. The quantitative estimate of drug-likeness (QED) is 0.878. The van der Waals surface area contributed by atoms with Gasteiger partial charge in [-0.25, -0.2) is 4.79 Å². The lowest BCUT2D eigenvalue weighted by molar-refractivity contribution is 0.0696. The van der Waals surface area contributed by atoms with Gasteiger partial charge in [-0.15, -0.1) is 5.10 Å². The number of aromatic nitrogens is 2. The van der Waals surface area contributed by atoms with E-state index in [9.17, 15) is 4.79 Å². The first-order chi connectivity index (χ1) is 9.13. The highest BCUT2D eigenvalue weighted by molar-refractivity contribution is 5.93. The number of anilines is 1. The van der Waals surface area contributed by atoms with Crippen molar-refractivity contribution in [1.82, 2.24) is 15.1 Å². The van der Waals surface area contributed by atoms with Gasteiger partial charge in [-0.2, -0.15) is 5.10 Å². The standard InChI is InChI=1S/C13H20N4O2/c1-3-10(2)16-6-8-17(9-7-16)12-11(13(18)19)4-5-14-15-12/h4-5,10H,3,6-9H2,1-2H3,(H,18,19). The Bertz CT molecular complexity index is 444. The van der Waals surface area contributed by atoms with Gasteiger partial charge < -0.3 is 10.0 Å². The topological polar surface area (TPSA) is 69.6 Å². The SMILES string of the molecule is CCC(C)N1CCN(c2nnccc2C(=O)O)CC1. The van der Waals surface area contributed by atoms with Crippen LogP contribution in [0.4, 0.5) is 5.82 Å². The van der Waals surface area contributed by atoms with E-state index in [2.05, 4.69) is 28.9 Å². The van der Waals surface area contributed by atoms with E-state index in [1.54, 1.807) is 0 Å². The minimum absolute atomic E-state index is 0.229. The normalized spacial score (nSPS) is 18.3. The Hall–Kier alpha value is -1.69. The molecule has 0 bridgehead atoms. The predicted molar refractivity (Wildman–Crippen MR) is 72.5 cm³/mol. The summed E-state index contributed by atoms with van der Waals surface area (Å²) < 4.78 is 0. The van der Waals surface area contributed by atoms with Crippen LogP contribution in [-0.2, 0) is 0 Å². The second-order valence-corrected chi connectivity index (χ2v) is 4.85. The van der Waals surface area contributed by atoms with Crippen molar-refractivity contribution < 1.29 is 9.90 Å². The Labute approximate surface area is 113 Å². The lowest BCUT2D eigenvalue weighted by atomic mass is 10.2. The van der Waals surface area contributed by atoms with Crippen LogP contribution in [0.3, 0.4) is 0 Å². The largest absolute Gasteiger partial charge is 0.478 e. The monoisotopic (exact) mass is 264 g/mol. The summed E-state index contributed by atoms with van der Waals surface area (Å²) in [7, 11) is 0. The summed E-state index contributed by atoms with van der Waals surface area (Å²) in [5.74, 6) is -0.465. The molecule has 1 aromatic rings. The van der Waals surface area contributed by atoms with E-state index in [-0.39, 0.29) is 5.56 Å². The molecule has 0 saturated carbocycles. The molecule has 1 aliphatic rings. The van der Waals surface area contributed by atoms with Gasteiger partial charge in [-0.05, 0) is 19.4 Å². The number of piperazine rings is 1. The van der Waals surface area contributed by atoms with Crippen LogP contribution in [0.25, 0.3) is 0 Å². The number of carboxylic acids is 1. The maximum Gasteiger partial charge on any atom is 0.339 e. The molecule has 19 heavy (non-hydrogen) atoms. The van der Waals surface area contributed by atoms with Gasteiger partial charge in [0.2, 0.25) is 0 Å². The Morgan fingerprint density at radius 3 is 2.68 bits per heavy atom. The van der Waals surface area contributed by atoms with Crippen LogP contribution in [0.2, 0.25) is 0 Å². The van der Waals surface area contributed by atoms with Gasteiger partial charge in [-0.3, -0.25) is 4.90 Å². The fourth-order valence-electron chi connectivity index (χ4n) is 2.36. The Morgan fingerprint density at radius 2 is 2.11 bits per heavy atom. The lowest BCUT2D eigenvalue weighted by Crippen LogP contribution is -2.50. The van der Waals surface area contributed by atoms with E-state index in [1.807, 2.05) is 4.90 Å². The molecule has 104 valence electrons. The van der Waals surface area contributed by atoms with Crippen molar-refractivity contribution in [1.29, 1.82) is 0 Å². The van der Waals surface area contributed by atoms with E-state index in [4.69, 9.17) is 5.11 Å². The minimum Gasteiger partial charge on any atom is -0.478 e. The molecule has 1 fully saturated rings. The van der Waals surface area contributed by atoms with Gasteiger partial charge in [0.1, 0.15) is 5.56 Å². The molecule has 2 rings (SSSR count). The third-order valence-electron chi connectivity index (χ3n) is 3.76. The second-order valence-electron chi connectivity index (χ2n) is 4.85. The molecule has 0 aliphatic carbocycles. The summed E-state index contributed by atoms with van der Waals surface area (Å²) in [4.78, 5) is 15.6. The number of hydrogen-bond donors (Lipinski definition) is 1. The zero-order valence-corrected chi connectivity index (χ0v) is 11.4. The number of aromatic carboxylic acids is 1. The molecular formula is C13H20N4O2. The Balaban J connectivity index is 2.08. The second kappa shape index (κ2) is 5.97. The third-order valence-corrected chi connectivity index (χ3v) is 3.76. The summed E-state index contributed by atoms with van der Waals surface area (Å²) in [5, 5.41) is 17.0. The van der Waals surface area contributed by atoms with E-state index >= 15 is 0 Å². The minimum atomic E-state index is -0.950. The average molecular weight is 264 g/mol. The molecule has 1 saturated heterocycles. The first-order valence-electron chi connectivity index (χ1n) is 6.67. The summed E-state index contributed by atoms with van der Waals surface area (Å²) >= 11 is 0. The van der Waals surface area contributed by atoms with Gasteiger partial charge in [0.05, 0.1) is 6.20 Å². The molecule has 0 spiro atoms. The summed E-state index contributed by atoms with van der Waals surface area (Å²) in [6, 6.07) is 2.08. The molecule has 6 heteroatoms. The number of nitrogens with zero attached hydrogens (tertiary/aromatic N) is 4. The van der Waals surface area contributed by atoms with Crippen molar-refractivity contribution in [3.05, 3.63) is 17.8 Å². The highest BCUT2D eigenvalue weighted by Crippen LogP contribution is 2.19. The van der Waals surface area contributed by atoms with Crippen molar-refractivity contribution in [3.8, 4) is 0 Å². The fourth-order valence-corrected chi connectivity index (χ4v) is 2.36. The van der Waals surface area contributed by atoms with Crippen molar-refractivity contribution >= 4 is 11.8 Å². The first kappa shape index (κ1) is 13.7. The van der Waals surface area contributed by atoms with E-state index in [1.165, 1.54) is 12.3 Å². The Morgan fingerprint density at radius 1 is 1.42 bits per heavy atom. The summed E-state index contributed by atoms with van der Waals surface area (Å²) in [5.41, 5.74) is 0.229.